The fourth-order valence-electron chi connectivity index (χ4n) is 7.43. The van der Waals surface area contributed by atoms with Crippen LogP contribution in [-0.4, -0.2) is 60.3 Å². The summed E-state index contributed by atoms with van der Waals surface area (Å²) in [6, 6.07) is 19.6. The Bertz CT molecular complexity index is 924. The SMILES string of the molecule is CC(C)C1CC(Oc2ccc(-c3ccc(OC4CC(C(C)C)N(C)C(C(C)C)C4)cc3)cc2)CC(C(C)C)N1C. The molecule has 2 heterocycles. The smallest absolute Gasteiger partial charge is 0.119 e. The van der Waals surface area contributed by atoms with E-state index in [4.69, 9.17) is 9.47 Å². The molecule has 2 saturated heterocycles. The average Bonchev–Trinajstić information content (AvgIpc) is 2.90. The predicted molar refractivity (Wildman–Crippen MR) is 169 cm³/mol. The van der Waals surface area contributed by atoms with Crippen LogP contribution in [0.15, 0.2) is 48.5 Å². The zero-order chi connectivity index (χ0) is 29.1. The molecule has 4 rings (SSSR count). The second-order valence-corrected chi connectivity index (χ2v) is 14.0. The van der Waals surface area contributed by atoms with Crippen molar-refractivity contribution in [3.8, 4) is 22.6 Å². The Balaban J connectivity index is 1.38. The number of hydrogen-bond acceptors (Lipinski definition) is 4. The predicted octanol–water partition coefficient (Wildman–Crippen LogP) is 8.40. The molecule has 2 aromatic rings. The van der Waals surface area contributed by atoms with E-state index >= 15 is 0 Å². The van der Waals surface area contributed by atoms with Gasteiger partial charge in [0.1, 0.15) is 23.7 Å². The summed E-state index contributed by atoms with van der Waals surface area (Å²) in [6.07, 6.45) is 4.90. The highest BCUT2D eigenvalue weighted by molar-refractivity contribution is 5.64. The van der Waals surface area contributed by atoms with Gasteiger partial charge in [-0.15, -0.1) is 0 Å². The number of benzene rings is 2. The normalized spacial score (nSPS) is 28.6. The van der Waals surface area contributed by atoms with Gasteiger partial charge >= 0.3 is 0 Å². The van der Waals surface area contributed by atoms with Crippen LogP contribution in [0.25, 0.3) is 11.1 Å². The molecule has 0 spiro atoms. The third-order valence-corrected chi connectivity index (χ3v) is 9.84. The Morgan fingerprint density at radius 3 is 0.950 bits per heavy atom. The lowest BCUT2D eigenvalue weighted by Crippen LogP contribution is -2.53. The Morgan fingerprint density at radius 1 is 0.475 bits per heavy atom. The van der Waals surface area contributed by atoms with E-state index in [0.717, 1.165) is 37.2 Å². The molecule has 4 heteroatoms. The maximum absolute atomic E-state index is 6.57. The maximum Gasteiger partial charge on any atom is 0.119 e. The largest absolute Gasteiger partial charge is 0.490 e. The lowest BCUT2D eigenvalue weighted by molar-refractivity contribution is -0.00588. The third kappa shape index (κ3) is 7.23. The van der Waals surface area contributed by atoms with E-state index in [1.165, 1.54) is 11.1 Å². The van der Waals surface area contributed by atoms with Gasteiger partial charge in [0.15, 0.2) is 0 Å². The second-order valence-electron chi connectivity index (χ2n) is 14.0. The number of rotatable bonds is 9. The minimum absolute atomic E-state index is 0.267. The van der Waals surface area contributed by atoms with Crippen molar-refractivity contribution < 1.29 is 9.47 Å². The molecule has 0 aliphatic carbocycles. The Kier molecular flexibility index (Phi) is 10.3. The van der Waals surface area contributed by atoms with Crippen molar-refractivity contribution in [2.45, 2.75) is 117 Å². The van der Waals surface area contributed by atoms with Crippen LogP contribution in [0.2, 0.25) is 0 Å². The molecule has 4 unspecified atom stereocenters. The Labute approximate surface area is 245 Å². The van der Waals surface area contributed by atoms with Gasteiger partial charge in [-0.25, -0.2) is 0 Å². The van der Waals surface area contributed by atoms with Crippen LogP contribution < -0.4 is 9.47 Å². The Morgan fingerprint density at radius 2 is 0.725 bits per heavy atom. The number of ether oxygens (including phenoxy) is 2. The van der Waals surface area contributed by atoms with Crippen LogP contribution in [0.5, 0.6) is 11.5 Å². The van der Waals surface area contributed by atoms with Crippen molar-refractivity contribution >= 4 is 0 Å². The summed E-state index contributed by atoms with van der Waals surface area (Å²) in [6.45, 7) is 18.7. The van der Waals surface area contributed by atoms with Gasteiger partial charge in [0.2, 0.25) is 0 Å². The van der Waals surface area contributed by atoms with E-state index < -0.39 is 0 Å². The van der Waals surface area contributed by atoms with E-state index in [-0.39, 0.29) is 12.2 Å². The first-order valence-corrected chi connectivity index (χ1v) is 15.9. The van der Waals surface area contributed by atoms with Crippen molar-refractivity contribution in [1.82, 2.24) is 9.80 Å². The van der Waals surface area contributed by atoms with Crippen LogP contribution in [0, 0.1) is 23.7 Å². The molecule has 2 fully saturated rings. The maximum atomic E-state index is 6.57. The first kappa shape index (κ1) is 30.9. The molecule has 2 aliphatic heterocycles. The number of piperidine rings is 2. The van der Waals surface area contributed by atoms with Gasteiger partial charge in [-0.05, 0) is 73.2 Å². The molecule has 0 N–H and O–H groups in total. The van der Waals surface area contributed by atoms with Crippen LogP contribution in [-0.2, 0) is 0 Å². The quantitative estimate of drug-likeness (QED) is 0.314. The van der Waals surface area contributed by atoms with Crippen molar-refractivity contribution in [2.24, 2.45) is 23.7 Å². The fraction of sp³-hybridized carbons (Fsp3) is 0.667. The molecule has 2 aliphatic rings. The average molecular weight is 549 g/mol. The summed E-state index contributed by atoms with van der Waals surface area (Å²) >= 11 is 0. The third-order valence-electron chi connectivity index (χ3n) is 9.84. The molecular formula is C36H56N2O2. The molecule has 222 valence electrons. The molecule has 2 aromatic carbocycles. The zero-order valence-corrected chi connectivity index (χ0v) is 26.9. The second kappa shape index (κ2) is 13.3. The number of hydrogen-bond donors (Lipinski definition) is 0. The van der Waals surface area contributed by atoms with Crippen molar-refractivity contribution in [2.75, 3.05) is 14.1 Å². The van der Waals surface area contributed by atoms with Gasteiger partial charge in [0, 0.05) is 49.9 Å². The molecular weight excluding hydrogens is 492 g/mol. The van der Waals surface area contributed by atoms with Gasteiger partial charge < -0.3 is 9.47 Å². The molecule has 0 radical (unpaired) electrons. The highest BCUT2D eigenvalue weighted by Crippen LogP contribution is 2.35. The van der Waals surface area contributed by atoms with Crippen molar-refractivity contribution in [3.63, 3.8) is 0 Å². The first-order valence-electron chi connectivity index (χ1n) is 15.9. The molecule has 4 atom stereocenters. The van der Waals surface area contributed by atoms with Crippen molar-refractivity contribution in [1.29, 1.82) is 0 Å². The van der Waals surface area contributed by atoms with Crippen LogP contribution in [0.1, 0.15) is 81.1 Å². The molecule has 4 nitrogen and oxygen atoms in total. The Hall–Kier alpha value is -2.04. The summed E-state index contributed by atoms with van der Waals surface area (Å²) < 4.78 is 13.1. The summed E-state index contributed by atoms with van der Waals surface area (Å²) in [7, 11) is 4.60. The van der Waals surface area contributed by atoms with Gasteiger partial charge in [-0.1, -0.05) is 79.7 Å². The molecule has 0 saturated carbocycles. The number of likely N-dealkylation sites (tertiary alicyclic amines) is 2. The molecule has 40 heavy (non-hydrogen) atoms. The van der Waals surface area contributed by atoms with Crippen LogP contribution >= 0.6 is 0 Å². The van der Waals surface area contributed by atoms with E-state index in [0.29, 0.717) is 47.8 Å². The lowest BCUT2D eigenvalue weighted by atomic mass is 9.83. The minimum Gasteiger partial charge on any atom is -0.490 e. The lowest BCUT2D eigenvalue weighted by Gasteiger charge is -2.46. The van der Waals surface area contributed by atoms with Gasteiger partial charge in [0.25, 0.3) is 0 Å². The summed E-state index contributed by atoms with van der Waals surface area (Å²) in [4.78, 5) is 5.20. The van der Waals surface area contributed by atoms with Gasteiger partial charge in [0.05, 0.1) is 0 Å². The van der Waals surface area contributed by atoms with E-state index in [1.54, 1.807) is 0 Å². The molecule has 0 amide bonds. The van der Waals surface area contributed by atoms with Gasteiger partial charge in [-0.2, -0.15) is 0 Å². The minimum atomic E-state index is 0.267. The molecule has 0 bridgehead atoms. The highest BCUT2D eigenvalue weighted by atomic mass is 16.5. The number of nitrogens with zero attached hydrogens (tertiary/aromatic N) is 2. The van der Waals surface area contributed by atoms with Gasteiger partial charge in [-0.3, -0.25) is 9.80 Å². The zero-order valence-electron chi connectivity index (χ0n) is 26.9. The van der Waals surface area contributed by atoms with Crippen molar-refractivity contribution in [3.05, 3.63) is 48.5 Å². The summed E-state index contributed by atoms with van der Waals surface area (Å²) in [5, 5.41) is 0. The summed E-state index contributed by atoms with van der Waals surface area (Å²) in [5.74, 6) is 4.45. The summed E-state index contributed by atoms with van der Waals surface area (Å²) in [5.41, 5.74) is 2.42. The highest BCUT2D eigenvalue weighted by Gasteiger charge is 2.38. The fourth-order valence-corrected chi connectivity index (χ4v) is 7.43. The molecule has 0 aromatic heterocycles. The van der Waals surface area contributed by atoms with Crippen LogP contribution in [0.3, 0.4) is 0 Å². The monoisotopic (exact) mass is 548 g/mol. The topological polar surface area (TPSA) is 24.9 Å². The van der Waals surface area contributed by atoms with E-state index in [1.807, 2.05) is 0 Å². The van der Waals surface area contributed by atoms with Crippen LogP contribution in [0.4, 0.5) is 0 Å². The first-order chi connectivity index (χ1) is 18.9. The van der Waals surface area contributed by atoms with E-state index in [2.05, 4.69) is 128 Å². The standard InChI is InChI=1S/C36H56N2O2/c1-23(2)33-19-31(20-34(24(3)4)37(33)9)39-29-15-11-27(12-16-29)28-13-17-30(18-14-28)40-32-21-35(25(5)6)38(10)36(22-32)26(7)8/h11-18,23-26,31-36H,19-22H2,1-10H3. The van der Waals surface area contributed by atoms with E-state index in [9.17, 15) is 0 Å².